The first-order chi connectivity index (χ1) is 16.2. The molecule has 3 heterocycles. The quantitative estimate of drug-likeness (QED) is 0.465. The van der Waals surface area contributed by atoms with Crippen molar-refractivity contribution in [3.8, 4) is 11.3 Å². The van der Waals surface area contributed by atoms with E-state index in [1.807, 2.05) is 30.5 Å². The monoisotopic (exact) mass is 443 g/mol. The van der Waals surface area contributed by atoms with Crippen LogP contribution in [0, 0.1) is 11.7 Å². The van der Waals surface area contributed by atoms with E-state index in [2.05, 4.69) is 37.5 Å². The average Bonchev–Trinajstić information content (AvgIpc) is 3.28. The molecule has 0 unspecified atom stereocenters. The zero-order chi connectivity index (χ0) is 22.6. The second-order valence-electron chi connectivity index (χ2n) is 8.47. The Morgan fingerprint density at radius 1 is 1.09 bits per heavy atom. The topological polar surface area (TPSA) is 73.9 Å². The van der Waals surface area contributed by atoms with Gasteiger partial charge < -0.3 is 15.2 Å². The lowest BCUT2D eigenvalue weighted by Crippen LogP contribution is -2.43. The normalized spacial score (nSPS) is 16.2. The summed E-state index contributed by atoms with van der Waals surface area (Å²) in [7, 11) is 0. The number of carbonyl (C=O) groups is 1. The molecule has 6 nitrogen and oxygen atoms in total. The van der Waals surface area contributed by atoms with E-state index in [4.69, 9.17) is 0 Å². The van der Waals surface area contributed by atoms with E-state index in [1.54, 1.807) is 12.1 Å². The minimum absolute atomic E-state index is 0.0692. The predicted octanol–water partition coefficient (Wildman–Crippen LogP) is 4.34. The predicted molar refractivity (Wildman–Crippen MR) is 127 cm³/mol. The van der Waals surface area contributed by atoms with Crippen molar-refractivity contribution in [2.75, 3.05) is 24.5 Å². The third kappa shape index (κ3) is 4.72. The van der Waals surface area contributed by atoms with Gasteiger partial charge in [0.25, 0.3) is 0 Å². The molecular formula is C26H26FN5O. The fraction of sp³-hybridized carbons (Fsp3) is 0.269. The number of benzene rings is 2. The summed E-state index contributed by atoms with van der Waals surface area (Å²) in [5.41, 5.74) is 3.85. The summed E-state index contributed by atoms with van der Waals surface area (Å²) in [6.07, 6.45) is 4.62. The lowest BCUT2D eigenvalue weighted by Gasteiger charge is -2.32. The van der Waals surface area contributed by atoms with E-state index in [0.717, 1.165) is 42.7 Å². The fourth-order valence-electron chi connectivity index (χ4n) is 4.47. The van der Waals surface area contributed by atoms with Crippen molar-refractivity contribution in [3.63, 3.8) is 0 Å². The van der Waals surface area contributed by atoms with Gasteiger partial charge >= 0.3 is 0 Å². The number of aromatic nitrogens is 3. The smallest absolute Gasteiger partial charge is 0.224 e. The number of nitrogens with one attached hydrogen (secondary N) is 2. The summed E-state index contributed by atoms with van der Waals surface area (Å²) in [6, 6.07) is 18.2. The molecule has 0 saturated carbocycles. The second kappa shape index (κ2) is 9.40. The van der Waals surface area contributed by atoms with Crippen molar-refractivity contribution in [1.29, 1.82) is 0 Å². The Bertz CT molecular complexity index is 1240. The van der Waals surface area contributed by atoms with E-state index in [9.17, 15) is 9.18 Å². The minimum atomic E-state index is -0.276. The lowest BCUT2D eigenvalue weighted by molar-refractivity contribution is -0.125. The average molecular weight is 444 g/mol. The molecule has 0 radical (unpaired) electrons. The maximum atomic E-state index is 13.1. The summed E-state index contributed by atoms with van der Waals surface area (Å²) < 4.78 is 13.1. The van der Waals surface area contributed by atoms with Crippen LogP contribution in [0.4, 0.5) is 10.2 Å². The van der Waals surface area contributed by atoms with E-state index >= 15 is 0 Å². The molecule has 5 rings (SSSR count). The summed E-state index contributed by atoms with van der Waals surface area (Å²) in [5, 5.41) is 13.0. The number of halogens is 1. The standard InChI is InChI=1S/C26H26FN5O/c27-21-9-7-18(8-10-21)23-11-12-25(31-30-23)32-15-3-4-20(17-32)26(33)28-14-13-19-16-29-24-6-2-1-5-22(19)24/h1-2,5-12,16,20,29H,3-4,13-15,17H2,(H,28,33)/t20-/m1/s1. The molecule has 1 amide bonds. The number of amides is 1. The number of hydrogen-bond donors (Lipinski definition) is 2. The Labute approximate surface area is 191 Å². The van der Waals surface area contributed by atoms with Crippen LogP contribution in [0.2, 0.25) is 0 Å². The molecule has 7 heteroatoms. The number of aromatic amines is 1. The molecular weight excluding hydrogens is 417 g/mol. The van der Waals surface area contributed by atoms with E-state index in [-0.39, 0.29) is 17.6 Å². The number of carbonyl (C=O) groups excluding carboxylic acids is 1. The molecule has 0 bridgehead atoms. The molecule has 33 heavy (non-hydrogen) atoms. The van der Waals surface area contributed by atoms with Crippen LogP contribution in [0.3, 0.4) is 0 Å². The fourth-order valence-corrected chi connectivity index (χ4v) is 4.47. The van der Waals surface area contributed by atoms with Gasteiger partial charge in [0.2, 0.25) is 5.91 Å². The molecule has 1 aliphatic heterocycles. The minimum Gasteiger partial charge on any atom is -0.361 e. The number of anilines is 1. The number of hydrogen-bond acceptors (Lipinski definition) is 4. The van der Waals surface area contributed by atoms with Crippen molar-refractivity contribution < 1.29 is 9.18 Å². The Balaban J connectivity index is 1.17. The van der Waals surface area contributed by atoms with Gasteiger partial charge in [-0.1, -0.05) is 18.2 Å². The highest BCUT2D eigenvalue weighted by molar-refractivity contribution is 5.83. The van der Waals surface area contributed by atoms with Gasteiger partial charge in [0.1, 0.15) is 5.82 Å². The molecule has 0 aliphatic carbocycles. The number of fused-ring (bicyclic) bond motifs is 1. The van der Waals surface area contributed by atoms with Gasteiger partial charge in [-0.25, -0.2) is 4.39 Å². The van der Waals surface area contributed by atoms with Gasteiger partial charge in [-0.2, -0.15) is 0 Å². The maximum absolute atomic E-state index is 13.1. The van der Waals surface area contributed by atoms with Crippen LogP contribution in [0.25, 0.3) is 22.2 Å². The van der Waals surface area contributed by atoms with Gasteiger partial charge in [-0.15, -0.1) is 10.2 Å². The van der Waals surface area contributed by atoms with Crippen LogP contribution < -0.4 is 10.2 Å². The van der Waals surface area contributed by atoms with Crippen molar-refractivity contribution in [2.45, 2.75) is 19.3 Å². The zero-order valence-corrected chi connectivity index (χ0v) is 18.3. The first-order valence-electron chi connectivity index (χ1n) is 11.3. The molecule has 2 aromatic carbocycles. The lowest BCUT2D eigenvalue weighted by atomic mass is 9.97. The SMILES string of the molecule is O=C(NCCc1c[nH]c2ccccc12)[C@@H]1CCCN(c2ccc(-c3ccc(F)cc3)nn2)C1. The van der Waals surface area contributed by atoms with E-state index in [1.165, 1.54) is 23.1 Å². The van der Waals surface area contributed by atoms with Gasteiger partial charge in [-0.05, 0) is 67.3 Å². The van der Waals surface area contributed by atoms with E-state index < -0.39 is 0 Å². The zero-order valence-electron chi connectivity index (χ0n) is 18.3. The summed E-state index contributed by atoms with van der Waals surface area (Å²) >= 11 is 0. The molecule has 1 fully saturated rings. The summed E-state index contributed by atoms with van der Waals surface area (Å²) in [5.74, 6) is 0.510. The van der Waals surface area contributed by atoms with Crippen molar-refractivity contribution >= 4 is 22.6 Å². The van der Waals surface area contributed by atoms with Crippen LogP contribution in [0.5, 0.6) is 0 Å². The number of H-pyrrole nitrogens is 1. The highest BCUT2D eigenvalue weighted by atomic mass is 19.1. The summed E-state index contributed by atoms with van der Waals surface area (Å²) in [6.45, 7) is 2.09. The molecule has 168 valence electrons. The second-order valence-corrected chi connectivity index (χ2v) is 8.47. The Hall–Kier alpha value is -3.74. The molecule has 0 spiro atoms. The first kappa shape index (κ1) is 21.1. The van der Waals surface area contributed by atoms with E-state index in [0.29, 0.717) is 18.8 Å². The van der Waals surface area contributed by atoms with Crippen LogP contribution in [-0.4, -0.2) is 40.7 Å². The van der Waals surface area contributed by atoms with Crippen molar-refractivity contribution in [2.24, 2.45) is 5.92 Å². The number of rotatable bonds is 6. The third-order valence-electron chi connectivity index (χ3n) is 6.28. The van der Waals surface area contributed by atoms with Gasteiger partial charge in [0.05, 0.1) is 11.6 Å². The largest absolute Gasteiger partial charge is 0.361 e. The molecule has 4 aromatic rings. The van der Waals surface area contributed by atoms with Gasteiger partial charge in [0.15, 0.2) is 5.82 Å². The molecule has 2 aromatic heterocycles. The van der Waals surface area contributed by atoms with Crippen molar-refractivity contribution in [1.82, 2.24) is 20.5 Å². The molecule has 1 aliphatic rings. The van der Waals surface area contributed by atoms with Gasteiger partial charge in [0, 0.05) is 42.3 Å². The number of piperidine rings is 1. The van der Waals surface area contributed by atoms with Crippen LogP contribution >= 0.6 is 0 Å². The number of nitrogens with zero attached hydrogens (tertiary/aromatic N) is 3. The highest BCUT2D eigenvalue weighted by Gasteiger charge is 2.26. The van der Waals surface area contributed by atoms with Crippen LogP contribution in [0.1, 0.15) is 18.4 Å². The molecule has 1 saturated heterocycles. The Kier molecular flexibility index (Phi) is 6.02. The van der Waals surface area contributed by atoms with Crippen LogP contribution in [0.15, 0.2) is 66.9 Å². The highest BCUT2D eigenvalue weighted by Crippen LogP contribution is 2.24. The summed E-state index contributed by atoms with van der Waals surface area (Å²) in [4.78, 5) is 18.2. The molecule has 1 atom stereocenters. The Morgan fingerprint density at radius 3 is 2.76 bits per heavy atom. The number of para-hydroxylation sites is 1. The van der Waals surface area contributed by atoms with Crippen LogP contribution in [-0.2, 0) is 11.2 Å². The third-order valence-corrected chi connectivity index (χ3v) is 6.28. The molecule has 2 N–H and O–H groups in total. The van der Waals surface area contributed by atoms with Crippen molar-refractivity contribution in [3.05, 3.63) is 78.2 Å². The van der Waals surface area contributed by atoms with Gasteiger partial charge in [-0.3, -0.25) is 4.79 Å². The first-order valence-corrected chi connectivity index (χ1v) is 11.3. The maximum Gasteiger partial charge on any atom is 0.224 e. The Morgan fingerprint density at radius 2 is 1.94 bits per heavy atom.